The molecular weight excluding hydrogens is 292 g/mol. The molecule has 2 aromatic rings. The smallest absolute Gasteiger partial charge is 0.175 e. The van der Waals surface area contributed by atoms with Crippen LogP contribution >= 0.6 is 23.8 Å². The first-order chi connectivity index (χ1) is 9.52. The van der Waals surface area contributed by atoms with Crippen LogP contribution in [0, 0.1) is 13.8 Å². The van der Waals surface area contributed by atoms with E-state index in [-0.39, 0.29) is 0 Å². The molecule has 0 saturated heterocycles. The van der Waals surface area contributed by atoms with E-state index in [0.717, 1.165) is 29.2 Å². The van der Waals surface area contributed by atoms with Crippen molar-refractivity contribution in [3.05, 3.63) is 40.7 Å². The minimum atomic E-state index is 0.522. The maximum Gasteiger partial charge on any atom is 0.175 e. The summed E-state index contributed by atoms with van der Waals surface area (Å²) in [6.07, 6.45) is 1.78. The number of nitrogens with one attached hydrogen (secondary N) is 2. The zero-order valence-electron chi connectivity index (χ0n) is 11.7. The maximum atomic E-state index is 6.09. The fourth-order valence-electron chi connectivity index (χ4n) is 1.91. The van der Waals surface area contributed by atoms with E-state index in [1.54, 1.807) is 6.20 Å². The molecule has 20 heavy (non-hydrogen) atoms. The van der Waals surface area contributed by atoms with Crippen LogP contribution < -0.4 is 10.6 Å². The van der Waals surface area contributed by atoms with Crippen molar-refractivity contribution in [1.82, 2.24) is 9.78 Å². The quantitative estimate of drug-likeness (QED) is 0.842. The number of nitrogens with zero attached hydrogens (tertiary/aromatic N) is 2. The van der Waals surface area contributed by atoms with Crippen molar-refractivity contribution in [3.8, 4) is 0 Å². The molecule has 2 rings (SSSR count). The number of hydrogen-bond acceptors (Lipinski definition) is 2. The van der Waals surface area contributed by atoms with E-state index in [4.69, 9.17) is 23.8 Å². The highest BCUT2D eigenvalue weighted by atomic mass is 35.5. The molecule has 0 radical (unpaired) electrons. The van der Waals surface area contributed by atoms with Gasteiger partial charge in [0.05, 0.1) is 17.6 Å². The Kier molecular flexibility index (Phi) is 4.62. The molecule has 0 aliphatic carbocycles. The standard InChI is InChI=1S/C14H17ClN4S/c1-4-19-10(3)13(8-16-19)18-14(20)17-12-7-5-6-11(15)9(12)2/h5-8H,4H2,1-3H3,(H2,17,18,20). The van der Waals surface area contributed by atoms with Crippen molar-refractivity contribution in [1.29, 1.82) is 0 Å². The topological polar surface area (TPSA) is 41.9 Å². The SMILES string of the molecule is CCn1ncc(NC(=S)Nc2cccc(Cl)c2C)c1C. The number of thiocarbonyl (C=S) groups is 1. The lowest BCUT2D eigenvalue weighted by Gasteiger charge is -2.13. The second-order valence-electron chi connectivity index (χ2n) is 4.45. The fourth-order valence-corrected chi connectivity index (χ4v) is 2.30. The van der Waals surface area contributed by atoms with Crippen LogP contribution in [0.5, 0.6) is 0 Å². The third kappa shape index (κ3) is 3.11. The number of aryl methyl sites for hydroxylation is 1. The highest BCUT2D eigenvalue weighted by Crippen LogP contribution is 2.23. The van der Waals surface area contributed by atoms with Crippen LogP contribution in [0.15, 0.2) is 24.4 Å². The monoisotopic (exact) mass is 308 g/mol. The predicted octanol–water partition coefficient (Wildman–Crippen LogP) is 3.98. The molecule has 1 heterocycles. The summed E-state index contributed by atoms with van der Waals surface area (Å²) in [4.78, 5) is 0. The van der Waals surface area contributed by atoms with Crippen LogP contribution in [0.2, 0.25) is 5.02 Å². The van der Waals surface area contributed by atoms with Gasteiger partial charge < -0.3 is 10.6 Å². The van der Waals surface area contributed by atoms with Gasteiger partial charge in [-0.15, -0.1) is 0 Å². The van der Waals surface area contributed by atoms with Crippen LogP contribution in [0.25, 0.3) is 0 Å². The summed E-state index contributed by atoms with van der Waals surface area (Å²) in [6, 6.07) is 5.69. The van der Waals surface area contributed by atoms with Gasteiger partial charge in [0.15, 0.2) is 5.11 Å². The first-order valence-electron chi connectivity index (χ1n) is 6.38. The van der Waals surface area contributed by atoms with E-state index in [1.165, 1.54) is 0 Å². The largest absolute Gasteiger partial charge is 0.332 e. The lowest BCUT2D eigenvalue weighted by molar-refractivity contribution is 0.640. The van der Waals surface area contributed by atoms with Gasteiger partial charge in [0.25, 0.3) is 0 Å². The molecule has 0 fully saturated rings. The number of aromatic nitrogens is 2. The number of rotatable bonds is 3. The third-order valence-electron chi connectivity index (χ3n) is 3.17. The van der Waals surface area contributed by atoms with Crippen molar-refractivity contribution >= 4 is 40.3 Å². The van der Waals surface area contributed by atoms with Gasteiger partial charge in [0, 0.05) is 17.3 Å². The Hall–Kier alpha value is -1.59. The molecule has 2 N–H and O–H groups in total. The van der Waals surface area contributed by atoms with E-state index in [9.17, 15) is 0 Å². The van der Waals surface area contributed by atoms with Crippen molar-refractivity contribution in [2.24, 2.45) is 0 Å². The number of hydrogen-bond donors (Lipinski definition) is 2. The van der Waals surface area contributed by atoms with Gasteiger partial charge in [-0.2, -0.15) is 5.10 Å². The second kappa shape index (κ2) is 6.24. The molecule has 0 aliphatic heterocycles. The summed E-state index contributed by atoms with van der Waals surface area (Å²) in [5.74, 6) is 0. The molecule has 0 bridgehead atoms. The van der Waals surface area contributed by atoms with E-state index in [2.05, 4.69) is 22.7 Å². The van der Waals surface area contributed by atoms with Gasteiger partial charge in [0.2, 0.25) is 0 Å². The van der Waals surface area contributed by atoms with E-state index >= 15 is 0 Å². The first-order valence-corrected chi connectivity index (χ1v) is 7.17. The summed E-state index contributed by atoms with van der Waals surface area (Å²) in [5, 5.41) is 11.8. The minimum absolute atomic E-state index is 0.522. The Bertz CT molecular complexity index is 636. The molecule has 6 heteroatoms. The Labute approximate surface area is 129 Å². The van der Waals surface area contributed by atoms with Gasteiger partial charge in [-0.05, 0) is 50.7 Å². The molecule has 0 saturated carbocycles. The molecule has 106 valence electrons. The molecule has 0 atom stereocenters. The molecule has 0 amide bonds. The molecule has 4 nitrogen and oxygen atoms in total. The zero-order valence-corrected chi connectivity index (χ0v) is 13.3. The number of halogens is 1. The fraction of sp³-hybridized carbons (Fsp3) is 0.286. The Morgan fingerprint density at radius 3 is 2.65 bits per heavy atom. The van der Waals surface area contributed by atoms with Crippen molar-refractivity contribution in [3.63, 3.8) is 0 Å². The maximum absolute atomic E-state index is 6.09. The van der Waals surface area contributed by atoms with Gasteiger partial charge in [0.1, 0.15) is 0 Å². The average Bonchev–Trinajstić information content (AvgIpc) is 2.76. The van der Waals surface area contributed by atoms with Crippen molar-refractivity contribution < 1.29 is 0 Å². The van der Waals surface area contributed by atoms with E-state index in [1.807, 2.05) is 36.7 Å². The predicted molar refractivity (Wildman–Crippen MR) is 88.7 cm³/mol. The summed E-state index contributed by atoms with van der Waals surface area (Å²) in [5.41, 5.74) is 3.83. The lowest BCUT2D eigenvalue weighted by Crippen LogP contribution is -2.20. The number of anilines is 2. The van der Waals surface area contributed by atoms with Crippen LogP contribution in [-0.4, -0.2) is 14.9 Å². The average molecular weight is 309 g/mol. The number of benzene rings is 1. The highest BCUT2D eigenvalue weighted by Gasteiger charge is 2.08. The minimum Gasteiger partial charge on any atom is -0.332 e. The molecule has 0 unspecified atom stereocenters. The van der Waals surface area contributed by atoms with Crippen LogP contribution in [0.1, 0.15) is 18.2 Å². The highest BCUT2D eigenvalue weighted by molar-refractivity contribution is 7.80. The molecule has 0 aliphatic rings. The summed E-state index contributed by atoms with van der Waals surface area (Å²) in [6.45, 7) is 6.84. The second-order valence-corrected chi connectivity index (χ2v) is 5.27. The van der Waals surface area contributed by atoms with Gasteiger partial charge in [-0.3, -0.25) is 4.68 Å². The molecule has 1 aromatic heterocycles. The summed E-state index contributed by atoms with van der Waals surface area (Å²) < 4.78 is 1.91. The normalized spacial score (nSPS) is 10.4. The van der Waals surface area contributed by atoms with Crippen molar-refractivity contribution in [2.45, 2.75) is 27.3 Å². The van der Waals surface area contributed by atoms with Crippen LogP contribution in [-0.2, 0) is 6.54 Å². The molecule has 1 aromatic carbocycles. The van der Waals surface area contributed by atoms with Crippen LogP contribution in [0.4, 0.5) is 11.4 Å². The van der Waals surface area contributed by atoms with Crippen molar-refractivity contribution in [2.75, 3.05) is 10.6 Å². The Balaban J connectivity index is 2.09. The summed E-state index contributed by atoms with van der Waals surface area (Å²) in [7, 11) is 0. The lowest BCUT2D eigenvalue weighted by atomic mass is 10.2. The van der Waals surface area contributed by atoms with E-state index < -0.39 is 0 Å². The van der Waals surface area contributed by atoms with E-state index in [0.29, 0.717) is 10.1 Å². The summed E-state index contributed by atoms with van der Waals surface area (Å²) >= 11 is 11.4. The zero-order chi connectivity index (χ0) is 14.7. The molecular formula is C14H17ClN4S. The molecule has 0 spiro atoms. The third-order valence-corrected chi connectivity index (χ3v) is 3.78. The first kappa shape index (κ1) is 14.8. The van der Waals surface area contributed by atoms with Gasteiger partial charge >= 0.3 is 0 Å². The van der Waals surface area contributed by atoms with Gasteiger partial charge in [-0.1, -0.05) is 17.7 Å². The van der Waals surface area contributed by atoms with Crippen LogP contribution in [0.3, 0.4) is 0 Å². The van der Waals surface area contributed by atoms with Gasteiger partial charge in [-0.25, -0.2) is 0 Å². The Morgan fingerprint density at radius 1 is 1.30 bits per heavy atom. The Morgan fingerprint density at radius 2 is 2.00 bits per heavy atom.